The number of benzene rings is 3. The van der Waals surface area contributed by atoms with Gasteiger partial charge in [0.25, 0.3) is 5.78 Å². The molecule has 1 saturated heterocycles. The Labute approximate surface area is 217 Å². The fraction of sp³-hybridized carbons (Fsp3) is 0.179. The Balaban J connectivity index is 1.70. The maximum absolute atomic E-state index is 13.5. The first-order valence-electron chi connectivity index (χ1n) is 11.4. The number of rotatable bonds is 6. The minimum absolute atomic E-state index is 0.0171. The number of hydrogen-bond donors (Lipinski definition) is 1. The van der Waals surface area contributed by atoms with Crippen molar-refractivity contribution in [1.82, 2.24) is 4.98 Å². The first-order valence-corrected chi connectivity index (χ1v) is 12.2. The van der Waals surface area contributed by atoms with Crippen molar-refractivity contribution in [3.05, 3.63) is 82.9 Å². The second kappa shape index (κ2) is 9.59. The maximum Gasteiger partial charge on any atom is 0.301 e. The smallest absolute Gasteiger partial charge is 0.301 e. The van der Waals surface area contributed by atoms with Crippen LogP contribution >= 0.6 is 11.3 Å². The van der Waals surface area contributed by atoms with Crippen LogP contribution in [0.2, 0.25) is 0 Å². The summed E-state index contributed by atoms with van der Waals surface area (Å²) in [6.45, 7) is 1.84. The summed E-state index contributed by atoms with van der Waals surface area (Å²) in [6.07, 6.45) is 0. The number of hydrogen-bond acceptors (Lipinski definition) is 8. The van der Waals surface area contributed by atoms with Crippen molar-refractivity contribution in [1.29, 1.82) is 0 Å². The predicted molar refractivity (Wildman–Crippen MR) is 142 cm³/mol. The van der Waals surface area contributed by atoms with Crippen LogP contribution in [0, 0.1) is 6.92 Å². The maximum atomic E-state index is 13.5. The number of ether oxygens (including phenoxy) is 3. The van der Waals surface area contributed by atoms with E-state index in [1.807, 2.05) is 13.0 Å². The predicted octanol–water partition coefficient (Wildman–Crippen LogP) is 5.26. The molecule has 0 unspecified atom stereocenters. The number of carbonyl (C=O) groups is 2. The first-order chi connectivity index (χ1) is 17.9. The van der Waals surface area contributed by atoms with E-state index in [2.05, 4.69) is 4.98 Å². The molecule has 1 N–H and O–H groups in total. The lowest BCUT2D eigenvalue weighted by Crippen LogP contribution is -2.29. The number of fused-ring (bicyclic) bond motifs is 1. The lowest BCUT2D eigenvalue weighted by atomic mass is 9.95. The summed E-state index contributed by atoms with van der Waals surface area (Å²) < 4.78 is 16.7. The molecule has 1 aliphatic rings. The number of carbonyl (C=O) groups excluding carboxylic acids is 2. The Morgan fingerprint density at radius 2 is 1.62 bits per heavy atom. The number of aliphatic hydroxyl groups is 1. The van der Waals surface area contributed by atoms with E-state index in [9.17, 15) is 14.7 Å². The Morgan fingerprint density at radius 1 is 0.919 bits per heavy atom. The van der Waals surface area contributed by atoms with Gasteiger partial charge in [0, 0.05) is 5.56 Å². The fourth-order valence-electron chi connectivity index (χ4n) is 4.44. The number of nitrogens with zero attached hydrogens (tertiary/aromatic N) is 2. The van der Waals surface area contributed by atoms with Gasteiger partial charge in [0.15, 0.2) is 5.13 Å². The number of aryl methyl sites for hydroxylation is 1. The number of anilines is 1. The normalized spacial score (nSPS) is 16.9. The third kappa shape index (κ3) is 4.17. The molecule has 0 aliphatic carbocycles. The highest BCUT2D eigenvalue weighted by Crippen LogP contribution is 2.45. The van der Waals surface area contributed by atoms with Gasteiger partial charge in [0.2, 0.25) is 0 Å². The third-order valence-corrected chi connectivity index (χ3v) is 7.35. The number of thiazole rings is 1. The molecule has 1 fully saturated rings. The van der Waals surface area contributed by atoms with Crippen LogP contribution in [-0.2, 0) is 9.59 Å². The molecule has 0 spiro atoms. The quantitative estimate of drug-likeness (QED) is 0.212. The summed E-state index contributed by atoms with van der Waals surface area (Å²) >= 11 is 1.27. The van der Waals surface area contributed by atoms with Crippen molar-refractivity contribution >= 4 is 44.1 Å². The SMILES string of the molecule is COc1ccc([C@@H]2C(=C(O)c3ccc(OC)c(C)c3)C(=O)C(=O)N2c2nc3ccc(OC)cc3s2)cc1. The average Bonchev–Trinajstić information content (AvgIpc) is 3.45. The summed E-state index contributed by atoms with van der Waals surface area (Å²) in [4.78, 5) is 32.9. The van der Waals surface area contributed by atoms with E-state index in [1.165, 1.54) is 16.2 Å². The molecule has 3 aromatic carbocycles. The van der Waals surface area contributed by atoms with Crippen LogP contribution < -0.4 is 19.1 Å². The van der Waals surface area contributed by atoms with Gasteiger partial charge in [0.05, 0.1) is 43.2 Å². The van der Waals surface area contributed by atoms with E-state index in [4.69, 9.17) is 14.2 Å². The molecule has 37 heavy (non-hydrogen) atoms. The largest absolute Gasteiger partial charge is 0.507 e. The molecule has 1 amide bonds. The summed E-state index contributed by atoms with van der Waals surface area (Å²) in [7, 11) is 4.69. The van der Waals surface area contributed by atoms with Crippen LogP contribution in [0.25, 0.3) is 16.0 Å². The van der Waals surface area contributed by atoms with Gasteiger partial charge in [-0.15, -0.1) is 0 Å². The zero-order valence-electron chi connectivity index (χ0n) is 20.6. The summed E-state index contributed by atoms with van der Waals surface area (Å²) in [5.41, 5.74) is 2.47. The number of aromatic nitrogens is 1. The monoisotopic (exact) mass is 516 g/mol. The van der Waals surface area contributed by atoms with E-state index in [-0.39, 0.29) is 11.3 Å². The number of Topliss-reactive ketones (excluding diaryl/α,β-unsaturated/α-hetero) is 1. The van der Waals surface area contributed by atoms with Crippen LogP contribution in [-0.4, -0.2) is 43.1 Å². The van der Waals surface area contributed by atoms with Crippen molar-refractivity contribution in [2.75, 3.05) is 26.2 Å². The Kier molecular flexibility index (Phi) is 6.31. The minimum atomic E-state index is -0.893. The van der Waals surface area contributed by atoms with Crippen LogP contribution in [0.1, 0.15) is 22.7 Å². The van der Waals surface area contributed by atoms with Gasteiger partial charge >= 0.3 is 5.91 Å². The van der Waals surface area contributed by atoms with Crippen LogP contribution in [0.15, 0.2) is 66.2 Å². The summed E-state index contributed by atoms with van der Waals surface area (Å²) in [5, 5.41) is 11.7. The molecule has 188 valence electrons. The molecule has 5 rings (SSSR count). The van der Waals surface area contributed by atoms with Gasteiger partial charge < -0.3 is 19.3 Å². The second-order valence-electron chi connectivity index (χ2n) is 8.46. The van der Waals surface area contributed by atoms with Crippen LogP contribution in [0.4, 0.5) is 5.13 Å². The highest BCUT2D eigenvalue weighted by molar-refractivity contribution is 7.22. The van der Waals surface area contributed by atoms with Gasteiger partial charge in [-0.1, -0.05) is 23.5 Å². The van der Waals surface area contributed by atoms with Crippen LogP contribution in [0.3, 0.4) is 0 Å². The van der Waals surface area contributed by atoms with E-state index in [0.29, 0.717) is 39.0 Å². The average molecular weight is 517 g/mol. The lowest BCUT2D eigenvalue weighted by Gasteiger charge is -2.23. The second-order valence-corrected chi connectivity index (χ2v) is 9.47. The summed E-state index contributed by atoms with van der Waals surface area (Å²) in [5.74, 6) is 0.107. The number of amides is 1. The zero-order valence-corrected chi connectivity index (χ0v) is 21.5. The lowest BCUT2D eigenvalue weighted by molar-refractivity contribution is -0.132. The molecule has 0 saturated carbocycles. The number of aliphatic hydroxyl groups excluding tert-OH is 1. The zero-order chi connectivity index (χ0) is 26.3. The molecule has 0 bridgehead atoms. The first kappa shape index (κ1) is 24.3. The topological polar surface area (TPSA) is 98.2 Å². The van der Waals surface area contributed by atoms with Gasteiger partial charge in [-0.2, -0.15) is 0 Å². The molecule has 2 heterocycles. The third-order valence-electron chi connectivity index (χ3n) is 6.33. The van der Waals surface area contributed by atoms with E-state index >= 15 is 0 Å². The Morgan fingerprint density at radius 3 is 2.27 bits per heavy atom. The highest BCUT2D eigenvalue weighted by atomic mass is 32.1. The molecule has 1 aliphatic heterocycles. The van der Waals surface area contributed by atoms with E-state index < -0.39 is 17.7 Å². The molecule has 1 aromatic heterocycles. The van der Waals surface area contributed by atoms with Crippen molar-refractivity contribution < 1.29 is 28.9 Å². The molecule has 8 nitrogen and oxygen atoms in total. The Bertz CT molecular complexity index is 1560. The molecular weight excluding hydrogens is 492 g/mol. The van der Waals surface area contributed by atoms with Crippen molar-refractivity contribution in [2.24, 2.45) is 0 Å². The fourth-order valence-corrected chi connectivity index (χ4v) is 5.46. The Hall–Kier alpha value is -4.37. The van der Waals surface area contributed by atoms with Crippen LogP contribution in [0.5, 0.6) is 17.2 Å². The minimum Gasteiger partial charge on any atom is -0.507 e. The molecule has 1 atom stereocenters. The standard InChI is InChI=1S/C28H24N2O6S/c1-15-13-17(7-12-21(15)36-4)25(31)23-24(16-5-8-18(34-2)9-6-16)30(27(33)26(23)32)28-29-20-11-10-19(35-3)14-22(20)37-28/h5-14,24,31H,1-4H3/t24-/m1/s1. The van der Waals surface area contributed by atoms with Gasteiger partial charge in [-0.3, -0.25) is 14.5 Å². The molecule has 9 heteroatoms. The number of methoxy groups -OCH3 is 3. The van der Waals surface area contributed by atoms with Crippen molar-refractivity contribution in [2.45, 2.75) is 13.0 Å². The van der Waals surface area contributed by atoms with Crippen molar-refractivity contribution in [3.63, 3.8) is 0 Å². The van der Waals surface area contributed by atoms with E-state index in [0.717, 1.165) is 10.3 Å². The van der Waals surface area contributed by atoms with Crippen molar-refractivity contribution in [3.8, 4) is 17.2 Å². The van der Waals surface area contributed by atoms with E-state index in [1.54, 1.807) is 75.9 Å². The van der Waals surface area contributed by atoms with Gasteiger partial charge in [-0.25, -0.2) is 4.98 Å². The summed E-state index contributed by atoms with van der Waals surface area (Å²) in [6, 6.07) is 16.6. The molecular formula is C28H24N2O6S. The molecule has 0 radical (unpaired) electrons. The van der Waals surface area contributed by atoms with Gasteiger partial charge in [0.1, 0.15) is 23.0 Å². The highest BCUT2D eigenvalue weighted by Gasteiger charge is 2.48. The molecule has 4 aromatic rings. The van der Waals surface area contributed by atoms with Gasteiger partial charge in [-0.05, 0) is 66.6 Å². The number of ketones is 1.